The van der Waals surface area contributed by atoms with Crippen molar-refractivity contribution in [1.29, 1.82) is 0 Å². The Kier molecular flexibility index (Phi) is 7.86. The lowest BCUT2D eigenvalue weighted by Gasteiger charge is -2.29. The van der Waals surface area contributed by atoms with Gasteiger partial charge in [-0.1, -0.05) is 147 Å². The van der Waals surface area contributed by atoms with E-state index in [4.69, 9.17) is 8.83 Å². The van der Waals surface area contributed by atoms with Gasteiger partial charge in [0.2, 0.25) is 0 Å². The first-order valence-corrected chi connectivity index (χ1v) is 23.1. The molecule has 0 aliphatic heterocycles. The Bertz CT molecular complexity index is 4030. The second kappa shape index (κ2) is 13.9. The van der Waals surface area contributed by atoms with E-state index in [2.05, 4.69) is 225 Å². The van der Waals surface area contributed by atoms with Crippen LogP contribution in [0.4, 0.5) is 0 Å². The van der Waals surface area contributed by atoms with Crippen molar-refractivity contribution in [3.05, 3.63) is 229 Å². The van der Waals surface area contributed by atoms with E-state index in [-0.39, 0.29) is 11.3 Å². The van der Waals surface area contributed by atoms with Crippen LogP contribution in [0.25, 0.3) is 110 Å². The number of aromatic nitrogens is 1. The molecule has 0 saturated heterocycles. The standard InChI is InChI=1S/C63H43NO2/c1-63(2)53-25-27-56-62(61(53)47-24-18-45(37-54(47)63)44-23-31-60-51(35-44)49-33-41(21-29-58(49)66-60)39-14-8-4-9-15-39)52-36-42(19-26-55(52)64(56)46-16-10-5-11-17-46)43-22-30-59-50(34-43)48-32-40(20-28-57(48)65-59)38-12-6-3-7-13-38/h3-36,45H,37H2,1-2H3. The summed E-state index contributed by atoms with van der Waals surface area (Å²) in [4.78, 5) is 0. The molecule has 14 rings (SSSR count). The van der Waals surface area contributed by atoms with Crippen molar-refractivity contribution < 1.29 is 8.83 Å². The molecule has 0 fully saturated rings. The molecule has 0 amide bonds. The average Bonchev–Trinajstić information content (AvgIpc) is 4.09. The number of allylic oxidation sites excluding steroid dienone is 4. The van der Waals surface area contributed by atoms with Gasteiger partial charge >= 0.3 is 0 Å². The number of furan rings is 2. The minimum absolute atomic E-state index is 0.149. The number of benzene rings is 9. The number of nitrogens with zero attached hydrogens (tertiary/aromatic N) is 1. The minimum Gasteiger partial charge on any atom is -0.456 e. The van der Waals surface area contributed by atoms with E-state index < -0.39 is 0 Å². The van der Waals surface area contributed by atoms with Gasteiger partial charge in [-0.2, -0.15) is 0 Å². The van der Waals surface area contributed by atoms with Crippen LogP contribution in [-0.2, 0) is 5.41 Å². The summed E-state index contributed by atoms with van der Waals surface area (Å²) in [5.74, 6) is 0.245. The van der Waals surface area contributed by atoms with Gasteiger partial charge in [-0.3, -0.25) is 0 Å². The number of para-hydroxylation sites is 1. The normalized spacial score (nSPS) is 15.5. The highest BCUT2D eigenvalue weighted by atomic mass is 16.3. The lowest BCUT2D eigenvalue weighted by atomic mass is 9.75. The van der Waals surface area contributed by atoms with Crippen LogP contribution in [0.15, 0.2) is 221 Å². The first kappa shape index (κ1) is 37.3. The molecular weight excluding hydrogens is 803 g/mol. The third-order valence-electron chi connectivity index (χ3n) is 14.8. The van der Waals surface area contributed by atoms with Crippen molar-refractivity contribution in [2.75, 3.05) is 0 Å². The topological polar surface area (TPSA) is 31.2 Å². The van der Waals surface area contributed by atoms with Crippen LogP contribution in [0.1, 0.15) is 42.9 Å². The van der Waals surface area contributed by atoms with E-state index in [1.54, 1.807) is 0 Å². The van der Waals surface area contributed by atoms with Crippen molar-refractivity contribution in [2.45, 2.75) is 31.6 Å². The van der Waals surface area contributed by atoms with E-state index >= 15 is 0 Å². The first-order chi connectivity index (χ1) is 32.4. The summed E-state index contributed by atoms with van der Waals surface area (Å²) in [5.41, 5.74) is 21.2. The van der Waals surface area contributed by atoms with Crippen molar-refractivity contribution in [2.24, 2.45) is 0 Å². The molecule has 0 saturated carbocycles. The number of fused-ring (bicyclic) bond motifs is 12. The fourth-order valence-corrected chi connectivity index (χ4v) is 11.5. The Morgan fingerprint density at radius 1 is 0.455 bits per heavy atom. The fourth-order valence-electron chi connectivity index (χ4n) is 11.5. The van der Waals surface area contributed by atoms with E-state index in [1.165, 1.54) is 88.4 Å². The molecule has 3 heteroatoms. The maximum absolute atomic E-state index is 6.40. The highest BCUT2D eigenvalue weighted by Crippen LogP contribution is 2.56. The van der Waals surface area contributed by atoms with Gasteiger partial charge < -0.3 is 13.4 Å². The molecule has 2 aliphatic rings. The molecule has 0 bridgehead atoms. The third kappa shape index (κ3) is 5.50. The molecule has 12 aromatic rings. The predicted octanol–water partition coefficient (Wildman–Crippen LogP) is 17.4. The summed E-state index contributed by atoms with van der Waals surface area (Å²) in [5, 5.41) is 7.17. The lowest BCUT2D eigenvalue weighted by molar-refractivity contribution is 0.591. The van der Waals surface area contributed by atoms with Gasteiger partial charge in [0, 0.05) is 49.3 Å². The third-order valence-corrected chi connectivity index (χ3v) is 14.8. The SMILES string of the molecule is CC1(C)C2=C(C=CC(c3ccc4oc5ccc(-c6ccccc6)cc5c4c3)C2)c2c1ccc1c2c2cc(-c3ccc4oc5ccc(-c6ccccc6)cc5c4c3)ccc2n1-c1ccccc1. The van der Waals surface area contributed by atoms with Gasteiger partial charge in [-0.15, -0.1) is 0 Å². The van der Waals surface area contributed by atoms with Crippen LogP contribution in [-0.4, -0.2) is 4.57 Å². The summed E-state index contributed by atoms with van der Waals surface area (Å²) in [7, 11) is 0. The van der Waals surface area contributed by atoms with Crippen LogP contribution >= 0.6 is 0 Å². The summed E-state index contributed by atoms with van der Waals surface area (Å²) in [6.45, 7) is 4.87. The molecule has 3 aromatic heterocycles. The molecule has 1 atom stereocenters. The second-order valence-corrected chi connectivity index (χ2v) is 18.8. The summed E-state index contributed by atoms with van der Waals surface area (Å²) in [6, 6.07) is 70.5. The van der Waals surface area contributed by atoms with Crippen LogP contribution in [0.5, 0.6) is 0 Å². The Balaban J connectivity index is 0.905. The smallest absolute Gasteiger partial charge is 0.135 e. The van der Waals surface area contributed by atoms with Crippen molar-refractivity contribution in [1.82, 2.24) is 4.57 Å². The van der Waals surface area contributed by atoms with Gasteiger partial charge in [-0.25, -0.2) is 0 Å². The zero-order valence-electron chi connectivity index (χ0n) is 36.7. The Hall–Kier alpha value is -8.14. The minimum atomic E-state index is -0.149. The largest absolute Gasteiger partial charge is 0.456 e. The van der Waals surface area contributed by atoms with Gasteiger partial charge in [0.05, 0.1) is 11.0 Å². The van der Waals surface area contributed by atoms with E-state index in [0.717, 1.165) is 50.6 Å². The maximum Gasteiger partial charge on any atom is 0.135 e. The molecular formula is C63H43NO2. The monoisotopic (exact) mass is 845 g/mol. The van der Waals surface area contributed by atoms with E-state index in [0.29, 0.717) is 0 Å². The molecule has 312 valence electrons. The molecule has 66 heavy (non-hydrogen) atoms. The second-order valence-electron chi connectivity index (χ2n) is 18.8. The molecule has 0 spiro atoms. The van der Waals surface area contributed by atoms with Crippen molar-refractivity contribution >= 4 is 71.3 Å². The predicted molar refractivity (Wildman–Crippen MR) is 275 cm³/mol. The molecule has 0 N–H and O–H groups in total. The Morgan fingerprint density at radius 3 is 1.53 bits per heavy atom. The first-order valence-electron chi connectivity index (χ1n) is 23.1. The lowest BCUT2D eigenvalue weighted by Crippen LogP contribution is -2.19. The van der Waals surface area contributed by atoms with Crippen LogP contribution < -0.4 is 0 Å². The summed E-state index contributed by atoms with van der Waals surface area (Å²) in [6.07, 6.45) is 5.86. The highest BCUT2D eigenvalue weighted by molar-refractivity contribution is 6.18. The van der Waals surface area contributed by atoms with Crippen molar-refractivity contribution in [3.63, 3.8) is 0 Å². The average molecular weight is 846 g/mol. The van der Waals surface area contributed by atoms with E-state index in [1.807, 2.05) is 0 Å². The molecule has 1 unspecified atom stereocenters. The fraction of sp³-hybridized carbons (Fsp3) is 0.0794. The summed E-state index contributed by atoms with van der Waals surface area (Å²) >= 11 is 0. The molecule has 2 aliphatic carbocycles. The van der Waals surface area contributed by atoms with Crippen LogP contribution in [0.3, 0.4) is 0 Å². The van der Waals surface area contributed by atoms with Crippen LogP contribution in [0.2, 0.25) is 0 Å². The Morgan fingerprint density at radius 2 is 0.939 bits per heavy atom. The van der Waals surface area contributed by atoms with Gasteiger partial charge in [0.15, 0.2) is 0 Å². The molecule has 3 heterocycles. The Labute approximate surface area is 382 Å². The maximum atomic E-state index is 6.40. The quantitative estimate of drug-likeness (QED) is 0.173. The van der Waals surface area contributed by atoms with Crippen molar-refractivity contribution in [3.8, 4) is 39.1 Å². The van der Waals surface area contributed by atoms with Crippen LogP contribution in [0, 0.1) is 0 Å². The molecule has 0 radical (unpaired) electrons. The number of hydrogen-bond acceptors (Lipinski definition) is 2. The van der Waals surface area contributed by atoms with E-state index in [9.17, 15) is 0 Å². The molecule has 3 nitrogen and oxygen atoms in total. The highest BCUT2D eigenvalue weighted by Gasteiger charge is 2.41. The zero-order chi connectivity index (χ0) is 43.7. The number of hydrogen-bond donors (Lipinski definition) is 0. The number of rotatable bonds is 5. The van der Waals surface area contributed by atoms with Gasteiger partial charge in [-0.05, 0) is 141 Å². The van der Waals surface area contributed by atoms with Gasteiger partial charge in [0.1, 0.15) is 22.3 Å². The molecule has 9 aromatic carbocycles. The summed E-state index contributed by atoms with van der Waals surface area (Å²) < 4.78 is 15.3. The van der Waals surface area contributed by atoms with Gasteiger partial charge in [0.25, 0.3) is 0 Å². The zero-order valence-corrected chi connectivity index (χ0v) is 36.7.